The fourth-order valence-electron chi connectivity index (χ4n) is 2.75. The maximum atomic E-state index is 11.0. The number of para-hydroxylation sites is 2. The second-order valence-corrected chi connectivity index (χ2v) is 7.79. The molecule has 28 heavy (non-hydrogen) atoms. The van der Waals surface area contributed by atoms with E-state index >= 15 is 0 Å². The number of rotatable bonds is 5. The fourth-order valence-corrected chi connectivity index (χ4v) is 4.39. The lowest BCUT2D eigenvalue weighted by Crippen LogP contribution is -1.94. The molecule has 5 rings (SSSR count). The Morgan fingerprint density at radius 1 is 1.18 bits per heavy atom. The number of H-pyrrole nitrogens is 1. The molecular formula is C17H11N7O2S2. The van der Waals surface area contributed by atoms with E-state index in [9.17, 15) is 10.1 Å². The third-order valence-electron chi connectivity index (χ3n) is 4.07. The van der Waals surface area contributed by atoms with Gasteiger partial charge in [0.1, 0.15) is 5.01 Å². The zero-order chi connectivity index (χ0) is 19.1. The van der Waals surface area contributed by atoms with Crippen LogP contribution >= 0.6 is 23.1 Å². The van der Waals surface area contributed by atoms with E-state index in [0.717, 1.165) is 16.2 Å². The van der Waals surface area contributed by atoms with Gasteiger partial charge in [-0.25, -0.2) is 4.98 Å². The number of non-ortho nitro benzene ring substituents is 1. The zero-order valence-electron chi connectivity index (χ0n) is 14.1. The normalized spacial score (nSPS) is 11.4. The van der Waals surface area contributed by atoms with E-state index in [1.807, 2.05) is 24.3 Å². The summed E-state index contributed by atoms with van der Waals surface area (Å²) in [5, 5.41) is 25.4. The molecule has 2 aromatic carbocycles. The van der Waals surface area contributed by atoms with E-state index in [4.69, 9.17) is 0 Å². The average Bonchev–Trinajstić information content (AvgIpc) is 3.40. The van der Waals surface area contributed by atoms with Crippen molar-refractivity contribution in [2.75, 3.05) is 0 Å². The lowest BCUT2D eigenvalue weighted by Gasteiger charge is -1.96. The molecule has 9 nitrogen and oxygen atoms in total. The van der Waals surface area contributed by atoms with Crippen molar-refractivity contribution >= 4 is 44.8 Å². The number of aromatic amines is 1. The predicted octanol–water partition coefficient (Wildman–Crippen LogP) is 3.93. The highest BCUT2D eigenvalue weighted by Gasteiger charge is 2.16. The molecule has 0 fully saturated rings. The molecule has 0 atom stereocenters. The lowest BCUT2D eigenvalue weighted by molar-refractivity contribution is -0.384. The van der Waals surface area contributed by atoms with Gasteiger partial charge in [-0.2, -0.15) is 9.61 Å². The van der Waals surface area contributed by atoms with Crippen LogP contribution in [0.25, 0.3) is 26.6 Å². The maximum Gasteiger partial charge on any atom is 0.270 e. The van der Waals surface area contributed by atoms with Gasteiger partial charge in [0.25, 0.3) is 5.69 Å². The molecule has 0 radical (unpaired) electrons. The quantitative estimate of drug-likeness (QED) is 0.266. The first kappa shape index (κ1) is 16.8. The molecule has 138 valence electrons. The molecule has 0 amide bonds. The summed E-state index contributed by atoms with van der Waals surface area (Å²) in [5.41, 5.74) is 2.61. The number of fused-ring (bicyclic) bond motifs is 2. The van der Waals surface area contributed by atoms with Crippen LogP contribution in [-0.4, -0.2) is 34.7 Å². The van der Waals surface area contributed by atoms with Gasteiger partial charge < -0.3 is 4.98 Å². The molecular weight excluding hydrogens is 398 g/mol. The van der Waals surface area contributed by atoms with Gasteiger partial charge in [-0.3, -0.25) is 10.1 Å². The summed E-state index contributed by atoms with van der Waals surface area (Å²) in [6.45, 7) is 0. The SMILES string of the molecule is O=[N+]([O-])c1cccc(-c2nn3c(CSc4nc5ccccc5[nH]4)nnc3s2)c1. The molecule has 3 heterocycles. The Morgan fingerprint density at radius 2 is 2.07 bits per heavy atom. The number of aromatic nitrogens is 6. The Balaban J connectivity index is 1.41. The summed E-state index contributed by atoms with van der Waals surface area (Å²) in [4.78, 5) is 19.0. The molecule has 11 heteroatoms. The Hall–Kier alpha value is -3.31. The number of nitro benzene ring substituents is 1. The average molecular weight is 409 g/mol. The summed E-state index contributed by atoms with van der Waals surface area (Å²) in [6.07, 6.45) is 0. The first-order chi connectivity index (χ1) is 13.7. The third kappa shape index (κ3) is 3.00. The smallest absolute Gasteiger partial charge is 0.270 e. The minimum Gasteiger partial charge on any atom is -0.333 e. The van der Waals surface area contributed by atoms with Crippen molar-refractivity contribution in [2.45, 2.75) is 10.9 Å². The van der Waals surface area contributed by atoms with Crippen molar-refractivity contribution in [3.63, 3.8) is 0 Å². The molecule has 0 saturated heterocycles. The van der Waals surface area contributed by atoms with Gasteiger partial charge >= 0.3 is 0 Å². The second-order valence-electron chi connectivity index (χ2n) is 5.87. The molecule has 0 unspecified atom stereocenters. The van der Waals surface area contributed by atoms with Gasteiger partial charge in [0, 0.05) is 17.7 Å². The largest absolute Gasteiger partial charge is 0.333 e. The van der Waals surface area contributed by atoms with Crippen molar-refractivity contribution in [1.29, 1.82) is 0 Å². The molecule has 3 aromatic heterocycles. The van der Waals surface area contributed by atoms with Gasteiger partial charge in [-0.15, -0.1) is 10.2 Å². The number of hydrogen-bond donors (Lipinski definition) is 1. The molecule has 0 aliphatic carbocycles. The third-order valence-corrected chi connectivity index (χ3v) is 5.88. The fraction of sp³-hybridized carbons (Fsp3) is 0.0588. The highest BCUT2D eigenvalue weighted by atomic mass is 32.2. The molecule has 0 saturated carbocycles. The molecule has 0 bridgehead atoms. The van der Waals surface area contributed by atoms with Crippen LogP contribution in [0.4, 0.5) is 5.69 Å². The van der Waals surface area contributed by atoms with Crippen molar-refractivity contribution < 1.29 is 4.92 Å². The number of nitrogens with one attached hydrogen (secondary N) is 1. The maximum absolute atomic E-state index is 11.0. The number of imidazole rings is 1. The number of benzene rings is 2. The van der Waals surface area contributed by atoms with E-state index in [1.54, 1.807) is 16.6 Å². The van der Waals surface area contributed by atoms with Crippen molar-refractivity contribution in [3.05, 3.63) is 64.5 Å². The summed E-state index contributed by atoms with van der Waals surface area (Å²) in [7, 11) is 0. The zero-order valence-corrected chi connectivity index (χ0v) is 15.8. The summed E-state index contributed by atoms with van der Waals surface area (Å²) < 4.78 is 1.68. The minimum atomic E-state index is -0.417. The Bertz CT molecular complexity index is 1290. The van der Waals surface area contributed by atoms with Crippen LogP contribution in [-0.2, 0) is 5.75 Å². The van der Waals surface area contributed by atoms with Crippen LogP contribution in [0, 0.1) is 10.1 Å². The van der Waals surface area contributed by atoms with Crippen LogP contribution in [0.15, 0.2) is 53.7 Å². The first-order valence-electron chi connectivity index (χ1n) is 8.21. The molecule has 5 aromatic rings. The van der Waals surface area contributed by atoms with Crippen LogP contribution in [0.5, 0.6) is 0 Å². The molecule has 0 aliphatic heterocycles. The second kappa shape index (κ2) is 6.69. The van der Waals surface area contributed by atoms with E-state index in [-0.39, 0.29) is 5.69 Å². The first-order valence-corrected chi connectivity index (χ1v) is 10.0. The Kier molecular flexibility index (Phi) is 4.02. The standard InChI is InChI=1S/C17H11N7O2S2/c25-24(26)11-5-3-4-10(8-11)15-22-23-14(20-21-17(23)28-15)9-27-16-18-12-6-1-2-7-13(12)19-16/h1-8H,9H2,(H,18,19). The van der Waals surface area contributed by atoms with E-state index in [2.05, 4.69) is 25.3 Å². The van der Waals surface area contributed by atoms with Crippen LogP contribution in [0.3, 0.4) is 0 Å². The topological polar surface area (TPSA) is 115 Å². The van der Waals surface area contributed by atoms with Gasteiger partial charge in [0.2, 0.25) is 4.96 Å². The lowest BCUT2D eigenvalue weighted by atomic mass is 10.2. The van der Waals surface area contributed by atoms with Crippen molar-refractivity contribution in [1.82, 2.24) is 29.8 Å². The van der Waals surface area contributed by atoms with Crippen LogP contribution in [0.1, 0.15) is 5.82 Å². The number of nitrogens with zero attached hydrogens (tertiary/aromatic N) is 6. The van der Waals surface area contributed by atoms with E-state index < -0.39 is 4.92 Å². The molecule has 0 spiro atoms. The van der Waals surface area contributed by atoms with Crippen molar-refractivity contribution in [2.24, 2.45) is 0 Å². The monoisotopic (exact) mass is 409 g/mol. The highest BCUT2D eigenvalue weighted by molar-refractivity contribution is 7.98. The summed E-state index contributed by atoms with van der Waals surface area (Å²) in [6, 6.07) is 14.2. The van der Waals surface area contributed by atoms with Gasteiger partial charge in [0.05, 0.1) is 21.7 Å². The van der Waals surface area contributed by atoms with Crippen molar-refractivity contribution in [3.8, 4) is 10.6 Å². The number of hydrogen-bond acceptors (Lipinski definition) is 8. The van der Waals surface area contributed by atoms with Crippen LogP contribution in [0.2, 0.25) is 0 Å². The minimum absolute atomic E-state index is 0.0316. The summed E-state index contributed by atoms with van der Waals surface area (Å²) in [5.74, 6) is 1.23. The van der Waals surface area contributed by atoms with Gasteiger partial charge in [-0.05, 0) is 12.1 Å². The predicted molar refractivity (Wildman–Crippen MR) is 106 cm³/mol. The highest BCUT2D eigenvalue weighted by Crippen LogP contribution is 2.29. The Labute approximate surface area is 165 Å². The van der Waals surface area contributed by atoms with Gasteiger partial charge in [-0.1, -0.05) is 47.4 Å². The molecule has 1 N–H and O–H groups in total. The van der Waals surface area contributed by atoms with E-state index in [1.165, 1.54) is 35.2 Å². The summed E-state index contributed by atoms with van der Waals surface area (Å²) >= 11 is 2.86. The molecule has 0 aliphatic rings. The number of nitro groups is 1. The van der Waals surface area contributed by atoms with Crippen LogP contribution < -0.4 is 0 Å². The number of thioether (sulfide) groups is 1. The Morgan fingerprint density at radius 3 is 2.93 bits per heavy atom. The van der Waals surface area contributed by atoms with E-state index in [0.29, 0.717) is 27.1 Å². The van der Waals surface area contributed by atoms with Gasteiger partial charge in [0.15, 0.2) is 11.0 Å².